The van der Waals surface area contributed by atoms with Crippen molar-refractivity contribution in [3.63, 3.8) is 0 Å². The minimum Gasteiger partial charge on any atom is -0.375 e. The molecule has 1 aromatic heterocycles. The lowest BCUT2D eigenvalue weighted by Crippen LogP contribution is -2.43. The maximum atomic E-state index is 6.20. The quantitative estimate of drug-likeness (QED) is 0.703. The Labute approximate surface area is 123 Å². The van der Waals surface area contributed by atoms with Crippen molar-refractivity contribution in [3.8, 4) is 0 Å². The monoisotopic (exact) mass is 276 g/mol. The topological polar surface area (TPSA) is 34.1 Å². The van der Waals surface area contributed by atoms with Gasteiger partial charge in [0.25, 0.3) is 0 Å². The van der Waals surface area contributed by atoms with Crippen LogP contribution in [0.25, 0.3) is 0 Å². The summed E-state index contributed by atoms with van der Waals surface area (Å²) in [6, 6.07) is 6.07. The molecule has 1 fully saturated rings. The van der Waals surface area contributed by atoms with Crippen LogP contribution in [0.3, 0.4) is 0 Å². The Morgan fingerprint density at radius 3 is 2.80 bits per heavy atom. The van der Waals surface area contributed by atoms with Gasteiger partial charge in [-0.05, 0) is 56.8 Å². The molecule has 1 aromatic rings. The van der Waals surface area contributed by atoms with E-state index in [1.807, 2.05) is 18.3 Å². The minimum atomic E-state index is 0.152. The van der Waals surface area contributed by atoms with Crippen LogP contribution in [0.2, 0.25) is 0 Å². The standard InChI is InChI=1S/C17H28N2O/c1-15(2)14-18-12-10-17(8-5-9-17)20-13-7-16-6-3-4-11-19-16/h3-4,6,11,15,18H,5,7-10,12-14H2,1-2H3. The van der Waals surface area contributed by atoms with Crippen LogP contribution in [-0.2, 0) is 11.2 Å². The first-order chi connectivity index (χ1) is 9.70. The van der Waals surface area contributed by atoms with E-state index in [0.717, 1.165) is 44.1 Å². The number of hydrogen-bond donors (Lipinski definition) is 1. The molecule has 0 atom stereocenters. The lowest BCUT2D eigenvalue weighted by molar-refractivity contribution is -0.103. The van der Waals surface area contributed by atoms with Gasteiger partial charge in [0.05, 0.1) is 12.2 Å². The third kappa shape index (κ3) is 4.88. The Balaban J connectivity index is 1.66. The van der Waals surface area contributed by atoms with Crippen LogP contribution < -0.4 is 5.32 Å². The van der Waals surface area contributed by atoms with Gasteiger partial charge in [0.1, 0.15) is 0 Å². The van der Waals surface area contributed by atoms with E-state index in [-0.39, 0.29) is 5.60 Å². The molecule has 1 aliphatic rings. The number of aromatic nitrogens is 1. The molecular weight excluding hydrogens is 248 g/mol. The van der Waals surface area contributed by atoms with Gasteiger partial charge in [-0.1, -0.05) is 19.9 Å². The summed E-state index contributed by atoms with van der Waals surface area (Å²) < 4.78 is 6.20. The highest BCUT2D eigenvalue weighted by atomic mass is 16.5. The molecule has 1 heterocycles. The maximum absolute atomic E-state index is 6.20. The van der Waals surface area contributed by atoms with Crippen molar-refractivity contribution in [1.82, 2.24) is 10.3 Å². The fraction of sp³-hybridized carbons (Fsp3) is 0.706. The van der Waals surface area contributed by atoms with Gasteiger partial charge in [-0.25, -0.2) is 0 Å². The highest BCUT2D eigenvalue weighted by Crippen LogP contribution is 2.38. The summed E-state index contributed by atoms with van der Waals surface area (Å²) in [6.07, 6.45) is 7.67. The number of pyridine rings is 1. The molecule has 0 amide bonds. The van der Waals surface area contributed by atoms with Crippen molar-refractivity contribution in [2.24, 2.45) is 5.92 Å². The SMILES string of the molecule is CC(C)CNCCC1(OCCc2ccccn2)CCC1. The van der Waals surface area contributed by atoms with E-state index >= 15 is 0 Å². The van der Waals surface area contributed by atoms with Crippen molar-refractivity contribution < 1.29 is 4.74 Å². The van der Waals surface area contributed by atoms with Gasteiger partial charge in [-0.15, -0.1) is 0 Å². The van der Waals surface area contributed by atoms with Crippen LogP contribution in [0.4, 0.5) is 0 Å². The molecule has 20 heavy (non-hydrogen) atoms. The van der Waals surface area contributed by atoms with E-state index in [0.29, 0.717) is 0 Å². The summed E-state index contributed by atoms with van der Waals surface area (Å²) in [4.78, 5) is 4.34. The largest absolute Gasteiger partial charge is 0.375 e. The normalized spacial score (nSPS) is 17.1. The second kappa shape index (κ2) is 7.75. The molecule has 3 nitrogen and oxygen atoms in total. The Hall–Kier alpha value is -0.930. The zero-order valence-electron chi connectivity index (χ0n) is 12.9. The average Bonchev–Trinajstić information content (AvgIpc) is 2.40. The number of ether oxygens (including phenoxy) is 1. The number of nitrogens with zero attached hydrogens (tertiary/aromatic N) is 1. The molecule has 0 spiro atoms. The van der Waals surface area contributed by atoms with Gasteiger partial charge in [-0.3, -0.25) is 4.98 Å². The molecule has 0 saturated heterocycles. The van der Waals surface area contributed by atoms with Crippen LogP contribution in [0, 0.1) is 5.92 Å². The third-order valence-corrected chi connectivity index (χ3v) is 4.07. The van der Waals surface area contributed by atoms with Crippen molar-refractivity contribution >= 4 is 0 Å². The summed E-state index contributed by atoms with van der Waals surface area (Å²) >= 11 is 0. The fourth-order valence-corrected chi connectivity index (χ4v) is 2.66. The molecule has 2 rings (SSSR count). The molecule has 0 aliphatic heterocycles. The Morgan fingerprint density at radius 1 is 1.35 bits per heavy atom. The molecular formula is C17H28N2O. The van der Waals surface area contributed by atoms with E-state index in [4.69, 9.17) is 4.74 Å². The second-order valence-electron chi connectivity index (χ2n) is 6.30. The zero-order chi connectivity index (χ0) is 14.3. The number of hydrogen-bond acceptors (Lipinski definition) is 3. The molecule has 1 N–H and O–H groups in total. The summed E-state index contributed by atoms with van der Waals surface area (Å²) in [5.41, 5.74) is 1.28. The number of rotatable bonds is 9. The third-order valence-electron chi connectivity index (χ3n) is 4.07. The number of nitrogens with one attached hydrogen (secondary N) is 1. The highest BCUT2D eigenvalue weighted by Gasteiger charge is 2.37. The van der Waals surface area contributed by atoms with Crippen molar-refractivity contribution in [1.29, 1.82) is 0 Å². The van der Waals surface area contributed by atoms with E-state index in [1.165, 1.54) is 19.3 Å². The predicted molar refractivity (Wildman–Crippen MR) is 82.8 cm³/mol. The van der Waals surface area contributed by atoms with Gasteiger partial charge >= 0.3 is 0 Å². The molecule has 1 saturated carbocycles. The van der Waals surface area contributed by atoms with Gasteiger partial charge in [0.15, 0.2) is 0 Å². The lowest BCUT2D eigenvalue weighted by atomic mass is 9.77. The lowest BCUT2D eigenvalue weighted by Gasteiger charge is -2.42. The van der Waals surface area contributed by atoms with Crippen LogP contribution >= 0.6 is 0 Å². The predicted octanol–water partition coefficient (Wildman–Crippen LogP) is 3.20. The highest BCUT2D eigenvalue weighted by molar-refractivity contribution is 5.03. The van der Waals surface area contributed by atoms with Gasteiger partial charge in [0.2, 0.25) is 0 Å². The molecule has 3 heteroatoms. The smallest absolute Gasteiger partial charge is 0.0694 e. The second-order valence-corrected chi connectivity index (χ2v) is 6.30. The summed E-state index contributed by atoms with van der Waals surface area (Å²) in [5, 5.41) is 3.52. The van der Waals surface area contributed by atoms with Gasteiger partial charge in [0, 0.05) is 18.3 Å². The van der Waals surface area contributed by atoms with Crippen LogP contribution in [0.15, 0.2) is 24.4 Å². The summed E-state index contributed by atoms with van der Waals surface area (Å²) in [5.74, 6) is 0.720. The molecule has 1 aliphatic carbocycles. The van der Waals surface area contributed by atoms with Gasteiger partial charge < -0.3 is 10.1 Å². The van der Waals surface area contributed by atoms with E-state index in [1.54, 1.807) is 0 Å². The van der Waals surface area contributed by atoms with Crippen LogP contribution in [0.5, 0.6) is 0 Å². The Bertz CT molecular complexity index is 374. The molecule has 0 aromatic carbocycles. The summed E-state index contributed by atoms with van der Waals surface area (Å²) in [6.45, 7) is 7.46. The van der Waals surface area contributed by atoms with Crippen LogP contribution in [-0.4, -0.2) is 30.3 Å². The van der Waals surface area contributed by atoms with E-state index in [9.17, 15) is 0 Å². The first-order valence-corrected chi connectivity index (χ1v) is 7.95. The van der Waals surface area contributed by atoms with Crippen molar-refractivity contribution in [2.75, 3.05) is 19.7 Å². The summed E-state index contributed by atoms with van der Waals surface area (Å²) in [7, 11) is 0. The first-order valence-electron chi connectivity index (χ1n) is 7.95. The first kappa shape index (κ1) is 15.5. The fourth-order valence-electron chi connectivity index (χ4n) is 2.66. The molecule has 0 unspecified atom stereocenters. The average molecular weight is 276 g/mol. The van der Waals surface area contributed by atoms with Gasteiger partial charge in [-0.2, -0.15) is 0 Å². The molecule has 112 valence electrons. The Kier molecular flexibility index (Phi) is 5.99. The zero-order valence-corrected chi connectivity index (χ0v) is 12.9. The van der Waals surface area contributed by atoms with Crippen molar-refractivity contribution in [2.45, 2.75) is 51.6 Å². The maximum Gasteiger partial charge on any atom is 0.0694 e. The molecule has 0 bridgehead atoms. The Morgan fingerprint density at radius 2 is 2.20 bits per heavy atom. The van der Waals surface area contributed by atoms with E-state index < -0.39 is 0 Å². The van der Waals surface area contributed by atoms with Crippen molar-refractivity contribution in [3.05, 3.63) is 30.1 Å². The van der Waals surface area contributed by atoms with E-state index in [2.05, 4.69) is 30.2 Å². The molecule has 0 radical (unpaired) electrons. The minimum absolute atomic E-state index is 0.152. The van der Waals surface area contributed by atoms with Crippen LogP contribution in [0.1, 0.15) is 45.2 Å².